The molecule has 1 rings (SSSR count). The molecule has 1 atom stereocenters. The molecule has 0 aliphatic heterocycles. The number of hydrogen-bond donors (Lipinski definition) is 1. The summed E-state index contributed by atoms with van der Waals surface area (Å²) in [7, 11) is 0. The summed E-state index contributed by atoms with van der Waals surface area (Å²) in [6, 6.07) is 0.616. The average Bonchev–Trinajstić information content (AvgIpc) is 2.74. The smallest absolute Gasteiger partial charge is 0.0252 e. The first kappa shape index (κ1) is 13.8. The second-order valence-corrected chi connectivity index (χ2v) is 5.53. The molecule has 0 bridgehead atoms. The van der Waals surface area contributed by atoms with Gasteiger partial charge in [-0.15, -0.1) is 0 Å². The second kappa shape index (κ2) is 7.89. The molecule has 0 saturated heterocycles. The quantitative estimate of drug-likeness (QED) is 0.635. The van der Waals surface area contributed by atoms with Gasteiger partial charge in [0.2, 0.25) is 0 Å². The SMILES string of the molecule is CCCNC(C=C(C)C)CCC1CCCC1. The Balaban J connectivity index is 2.27. The van der Waals surface area contributed by atoms with Crippen molar-refractivity contribution < 1.29 is 0 Å². The summed E-state index contributed by atoms with van der Waals surface area (Å²) in [5.41, 5.74) is 1.44. The Morgan fingerprint density at radius 3 is 2.56 bits per heavy atom. The third-order valence-electron chi connectivity index (χ3n) is 3.55. The molecule has 0 aromatic rings. The van der Waals surface area contributed by atoms with Crippen molar-refractivity contribution in [1.82, 2.24) is 5.32 Å². The van der Waals surface area contributed by atoms with Gasteiger partial charge in [0, 0.05) is 6.04 Å². The number of hydrogen-bond acceptors (Lipinski definition) is 1. The van der Waals surface area contributed by atoms with E-state index >= 15 is 0 Å². The van der Waals surface area contributed by atoms with Gasteiger partial charge in [-0.2, -0.15) is 0 Å². The maximum atomic E-state index is 3.65. The molecule has 0 aromatic carbocycles. The molecular weight excluding hydrogens is 194 g/mol. The van der Waals surface area contributed by atoms with E-state index in [0.29, 0.717) is 6.04 Å². The molecule has 0 heterocycles. The summed E-state index contributed by atoms with van der Waals surface area (Å²) in [4.78, 5) is 0. The minimum atomic E-state index is 0.616. The van der Waals surface area contributed by atoms with E-state index in [9.17, 15) is 0 Å². The molecule has 0 radical (unpaired) electrons. The molecule has 1 fully saturated rings. The minimum absolute atomic E-state index is 0.616. The van der Waals surface area contributed by atoms with Crippen molar-refractivity contribution in [1.29, 1.82) is 0 Å². The van der Waals surface area contributed by atoms with E-state index in [1.165, 1.54) is 50.5 Å². The van der Waals surface area contributed by atoms with Gasteiger partial charge in [0.25, 0.3) is 0 Å². The zero-order valence-corrected chi connectivity index (χ0v) is 11.4. The van der Waals surface area contributed by atoms with Gasteiger partial charge >= 0.3 is 0 Å². The van der Waals surface area contributed by atoms with E-state index in [1.807, 2.05) is 0 Å². The van der Waals surface area contributed by atoms with E-state index < -0.39 is 0 Å². The van der Waals surface area contributed by atoms with E-state index in [4.69, 9.17) is 0 Å². The molecule has 16 heavy (non-hydrogen) atoms. The lowest BCUT2D eigenvalue weighted by Gasteiger charge is -2.17. The van der Waals surface area contributed by atoms with Gasteiger partial charge in [-0.05, 0) is 45.6 Å². The van der Waals surface area contributed by atoms with Crippen molar-refractivity contribution in [2.45, 2.75) is 71.8 Å². The molecule has 1 aliphatic carbocycles. The molecule has 1 N–H and O–H groups in total. The molecule has 0 spiro atoms. The van der Waals surface area contributed by atoms with Crippen LogP contribution in [0.5, 0.6) is 0 Å². The Bertz CT molecular complexity index is 197. The van der Waals surface area contributed by atoms with Crippen LogP contribution in [0.1, 0.15) is 65.7 Å². The van der Waals surface area contributed by atoms with Crippen LogP contribution in [-0.2, 0) is 0 Å². The predicted molar refractivity (Wildman–Crippen MR) is 72.7 cm³/mol. The fourth-order valence-electron chi connectivity index (χ4n) is 2.69. The first-order valence-electron chi connectivity index (χ1n) is 7.10. The zero-order chi connectivity index (χ0) is 11.8. The van der Waals surface area contributed by atoms with Crippen molar-refractivity contribution >= 4 is 0 Å². The Kier molecular flexibility index (Phi) is 6.79. The van der Waals surface area contributed by atoms with Crippen molar-refractivity contribution in [3.8, 4) is 0 Å². The van der Waals surface area contributed by atoms with Gasteiger partial charge in [0.15, 0.2) is 0 Å². The molecule has 1 aliphatic rings. The van der Waals surface area contributed by atoms with E-state index in [0.717, 1.165) is 12.5 Å². The van der Waals surface area contributed by atoms with Gasteiger partial charge in [-0.3, -0.25) is 0 Å². The maximum absolute atomic E-state index is 3.65. The van der Waals surface area contributed by atoms with Gasteiger partial charge in [-0.25, -0.2) is 0 Å². The predicted octanol–water partition coefficient (Wildman–Crippen LogP) is 4.29. The molecular formula is C15H29N. The molecule has 1 saturated carbocycles. The lowest BCUT2D eigenvalue weighted by atomic mass is 9.97. The number of allylic oxidation sites excluding steroid dienone is 1. The third-order valence-corrected chi connectivity index (χ3v) is 3.55. The van der Waals surface area contributed by atoms with Crippen LogP contribution in [0.15, 0.2) is 11.6 Å². The monoisotopic (exact) mass is 223 g/mol. The van der Waals surface area contributed by atoms with Crippen LogP contribution >= 0.6 is 0 Å². The highest BCUT2D eigenvalue weighted by atomic mass is 14.9. The first-order chi connectivity index (χ1) is 7.72. The van der Waals surface area contributed by atoms with Crippen LogP contribution in [0.4, 0.5) is 0 Å². The van der Waals surface area contributed by atoms with Gasteiger partial charge < -0.3 is 5.32 Å². The van der Waals surface area contributed by atoms with Crippen molar-refractivity contribution in [2.75, 3.05) is 6.54 Å². The second-order valence-electron chi connectivity index (χ2n) is 5.53. The van der Waals surface area contributed by atoms with E-state index in [-0.39, 0.29) is 0 Å². The largest absolute Gasteiger partial charge is 0.311 e. The summed E-state index contributed by atoms with van der Waals surface area (Å²) >= 11 is 0. The Labute approximate surface area is 102 Å². The molecule has 1 unspecified atom stereocenters. The third kappa shape index (κ3) is 5.69. The summed E-state index contributed by atoms with van der Waals surface area (Å²) in [6.45, 7) is 7.80. The lowest BCUT2D eigenvalue weighted by molar-refractivity contribution is 0.438. The van der Waals surface area contributed by atoms with Gasteiger partial charge in [0.05, 0.1) is 0 Å². The normalized spacial score (nSPS) is 18.7. The van der Waals surface area contributed by atoms with Crippen LogP contribution in [-0.4, -0.2) is 12.6 Å². The summed E-state index contributed by atoms with van der Waals surface area (Å²) in [5, 5.41) is 3.65. The number of rotatable bonds is 7. The summed E-state index contributed by atoms with van der Waals surface area (Å²) in [5.74, 6) is 1.02. The molecule has 1 heteroatoms. The maximum Gasteiger partial charge on any atom is 0.0252 e. The fraction of sp³-hybridized carbons (Fsp3) is 0.867. The van der Waals surface area contributed by atoms with E-state index in [2.05, 4.69) is 32.2 Å². The Morgan fingerprint density at radius 2 is 2.00 bits per heavy atom. The van der Waals surface area contributed by atoms with Crippen molar-refractivity contribution in [3.05, 3.63) is 11.6 Å². The highest BCUT2D eigenvalue weighted by Gasteiger charge is 2.16. The molecule has 94 valence electrons. The van der Waals surface area contributed by atoms with E-state index in [1.54, 1.807) is 0 Å². The standard InChI is InChI=1S/C15H29N/c1-4-11-16-15(12-13(2)3)10-9-14-7-5-6-8-14/h12,14-16H,4-11H2,1-3H3. The topological polar surface area (TPSA) is 12.0 Å². The Morgan fingerprint density at radius 1 is 1.31 bits per heavy atom. The molecule has 0 amide bonds. The number of nitrogens with one attached hydrogen (secondary N) is 1. The minimum Gasteiger partial charge on any atom is -0.311 e. The fourth-order valence-corrected chi connectivity index (χ4v) is 2.69. The van der Waals surface area contributed by atoms with Crippen LogP contribution < -0.4 is 5.32 Å². The first-order valence-corrected chi connectivity index (χ1v) is 7.10. The molecule has 0 aromatic heterocycles. The van der Waals surface area contributed by atoms with Crippen LogP contribution in [0.3, 0.4) is 0 Å². The summed E-state index contributed by atoms with van der Waals surface area (Å²) < 4.78 is 0. The van der Waals surface area contributed by atoms with Crippen molar-refractivity contribution in [2.24, 2.45) is 5.92 Å². The van der Waals surface area contributed by atoms with Crippen LogP contribution in [0, 0.1) is 5.92 Å². The van der Waals surface area contributed by atoms with Gasteiger partial charge in [0.1, 0.15) is 0 Å². The highest BCUT2D eigenvalue weighted by Crippen LogP contribution is 2.29. The summed E-state index contributed by atoms with van der Waals surface area (Å²) in [6.07, 6.45) is 12.3. The van der Waals surface area contributed by atoms with Crippen LogP contribution in [0.25, 0.3) is 0 Å². The molecule has 1 nitrogen and oxygen atoms in total. The highest BCUT2D eigenvalue weighted by molar-refractivity contribution is 5.01. The van der Waals surface area contributed by atoms with Gasteiger partial charge in [-0.1, -0.05) is 44.3 Å². The van der Waals surface area contributed by atoms with Crippen molar-refractivity contribution in [3.63, 3.8) is 0 Å². The Hall–Kier alpha value is -0.300. The average molecular weight is 223 g/mol. The van der Waals surface area contributed by atoms with Crippen LogP contribution in [0.2, 0.25) is 0 Å². The lowest BCUT2D eigenvalue weighted by Crippen LogP contribution is -2.28. The zero-order valence-electron chi connectivity index (χ0n) is 11.4.